The molecule has 0 saturated carbocycles. The average molecular weight is 214 g/mol. The van der Waals surface area contributed by atoms with E-state index < -0.39 is 11.9 Å². The van der Waals surface area contributed by atoms with E-state index in [0.29, 0.717) is 10.9 Å². The zero-order valence-electron chi connectivity index (χ0n) is 7.97. The van der Waals surface area contributed by atoms with Gasteiger partial charge in [0.2, 0.25) is 0 Å². The summed E-state index contributed by atoms with van der Waals surface area (Å²) in [6.45, 7) is 0. The number of hydrogen-bond donors (Lipinski definition) is 1. The van der Waals surface area contributed by atoms with Crippen LogP contribution in [0, 0.1) is 0 Å². The van der Waals surface area contributed by atoms with E-state index in [9.17, 15) is 13.2 Å². The summed E-state index contributed by atoms with van der Waals surface area (Å²) in [5.74, 6) is 0. The number of nitrogens with zero attached hydrogens (tertiary/aromatic N) is 1. The largest absolute Gasteiger partial charge is 0.433 e. The Morgan fingerprint density at radius 1 is 1.20 bits per heavy atom. The molecular weight excluding hydrogens is 205 g/mol. The maximum atomic E-state index is 12.6. The molecule has 0 fully saturated rings. The first-order chi connectivity index (χ1) is 7.04. The van der Waals surface area contributed by atoms with Gasteiger partial charge in [0.1, 0.15) is 5.69 Å². The van der Waals surface area contributed by atoms with Crippen LogP contribution in [-0.4, -0.2) is 11.7 Å². The molecule has 0 radical (unpaired) electrons. The lowest BCUT2D eigenvalue weighted by atomic mass is 10.2. The summed E-state index contributed by atoms with van der Waals surface area (Å²) < 4.78 is 38.9. The standard InChI is InChI=1S/C10H9F3N2/c1-14-15-8-5-3-2-4-7(8)6-9(15)10(11,12)13/h2-6,14H,1H3. The van der Waals surface area contributed by atoms with Gasteiger partial charge in [-0.05, 0) is 12.1 Å². The number of halogens is 3. The van der Waals surface area contributed by atoms with Gasteiger partial charge in [-0.15, -0.1) is 0 Å². The van der Waals surface area contributed by atoms with Crippen molar-refractivity contribution >= 4 is 10.9 Å². The number of benzene rings is 1. The Balaban J connectivity index is 2.75. The van der Waals surface area contributed by atoms with Crippen LogP contribution in [0.25, 0.3) is 10.9 Å². The second-order valence-corrected chi connectivity index (χ2v) is 3.15. The third-order valence-electron chi connectivity index (χ3n) is 2.22. The first-order valence-electron chi connectivity index (χ1n) is 4.39. The number of fused-ring (bicyclic) bond motifs is 1. The van der Waals surface area contributed by atoms with Crippen molar-refractivity contribution in [2.45, 2.75) is 6.18 Å². The molecule has 0 atom stereocenters. The van der Waals surface area contributed by atoms with Crippen LogP contribution in [0.15, 0.2) is 30.3 Å². The molecule has 1 aromatic carbocycles. The molecule has 2 rings (SSSR count). The Bertz CT molecular complexity index is 485. The van der Waals surface area contributed by atoms with E-state index in [1.807, 2.05) is 0 Å². The summed E-state index contributed by atoms with van der Waals surface area (Å²) in [6.07, 6.45) is -4.35. The van der Waals surface area contributed by atoms with Gasteiger partial charge in [0.15, 0.2) is 0 Å². The van der Waals surface area contributed by atoms with Crippen LogP contribution >= 0.6 is 0 Å². The quantitative estimate of drug-likeness (QED) is 0.772. The lowest BCUT2D eigenvalue weighted by Crippen LogP contribution is -2.18. The average Bonchev–Trinajstić information content (AvgIpc) is 2.55. The highest BCUT2D eigenvalue weighted by Gasteiger charge is 2.35. The first kappa shape index (κ1) is 9.89. The van der Waals surface area contributed by atoms with Crippen molar-refractivity contribution in [3.63, 3.8) is 0 Å². The molecule has 5 heteroatoms. The Morgan fingerprint density at radius 3 is 2.47 bits per heavy atom. The number of nitrogens with one attached hydrogen (secondary N) is 1. The third-order valence-corrected chi connectivity index (χ3v) is 2.22. The summed E-state index contributed by atoms with van der Waals surface area (Å²) in [5, 5.41) is 0.569. The summed E-state index contributed by atoms with van der Waals surface area (Å²) in [6, 6.07) is 7.84. The molecule has 80 valence electrons. The van der Waals surface area contributed by atoms with Crippen molar-refractivity contribution in [3.8, 4) is 0 Å². The predicted molar refractivity (Wildman–Crippen MR) is 52.2 cm³/mol. The fourth-order valence-electron chi connectivity index (χ4n) is 1.60. The van der Waals surface area contributed by atoms with Crippen molar-refractivity contribution in [2.75, 3.05) is 12.5 Å². The zero-order valence-corrected chi connectivity index (χ0v) is 7.97. The molecule has 0 unspecified atom stereocenters. The van der Waals surface area contributed by atoms with Crippen LogP contribution in [0.1, 0.15) is 5.69 Å². The van der Waals surface area contributed by atoms with Gasteiger partial charge in [0.25, 0.3) is 0 Å². The second kappa shape index (κ2) is 3.18. The number of hydrogen-bond acceptors (Lipinski definition) is 1. The maximum absolute atomic E-state index is 12.6. The molecule has 0 bridgehead atoms. The van der Waals surface area contributed by atoms with Gasteiger partial charge in [0.05, 0.1) is 5.52 Å². The molecule has 2 nitrogen and oxygen atoms in total. The monoisotopic (exact) mass is 214 g/mol. The van der Waals surface area contributed by atoms with Crippen LogP contribution in [0.2, 0.25) is 0 Å². The van der Waals surface area contributed by atoms with Gasteiger partial charge < -0.3 is 5.43 Å². The van der Waals surface area contributed by atoms with Crippen molar-refractivity contribution in [3.05, 3.63) is 36.0 Å². The van der Waals surface area contributed by atoms with Crippen LogP contribution in [0.5, 0.6) is 0 Å². The Kier molecular flexibility index (Phi) is 2.10. The molecule has 0 amide bonds. The van der Waals surface area contributed by atoms with E-state index >= 15 is 0 Å². The summed E-state index contributed by atoms with van der Waals surface area (Å²) in [4.78, 5) is 0. The molecule has 0 aliphatic carbocycles. The number of alkyl halides is 3. The van der Waals surface area contributed by atoms with E-state index in [1.54, 1.807) is 24.3 Å². The van der Waals surface area contributed by atoms with Gasteiger partial charge in [-0.2, -0.15) is 13.2 Å². The van der Waals surface area contributed by atoms with Gasteiger partial charge in [-0.3, -0.25) is 4.68 Å². The lowest BCUT2D eigenvalue weighted by molar-refractivity contribution is -0.142. The maximum Gasteiger partial charge on any atom is 0.433 e. The Morgan fingerprint density at radius 2 is 1.87 bits per heavy atom. The van der Waals surface area contributed by atoms with E-state index in [4.69, 9.17) is 0 Å². The van der Waals surface area contributed by atoms with Crippen LogP contribution in [0.4, 0.5) is 13.2 Å². The van der Waals surface area contributed by atoms with Gasteiger partial charge >= 0.3 is 6.18 Å². The summed E-state index contributed by atoms with van der Waals surface area (Å²) in [7, 11) is 1.46. The minimum atomic E-state index is -4.35. The molecule has 1 heterocycles. The van der Waals surface area contributed by atoms with Crippen molar-refractivity contribution in [1.82, 2.24) is 4.68 Å². The van der Waals surface area contributed by atoms with E-state index in [1.165, 1.54) is 7.05 Å². The topological polar surface area (TPSA) is 17.0 Å². The van der Waals surface area contributed by atoms with Gasteiger partial charge in [-0.25, -0.2) is 0 Å². The molecule has 0 aliphatic heterocycles. The molecule has 1 N–H and O–H groups in total. The molecule has 0 saturated heterocycles. The molecule has 0 spiro atoms. The van der Waals surface area contributed by atoms with Gasteiger partial charge in [-0.1, -0.05) is 18.2 Å². The van der Waals surface area contributed by atoms with Crippen LogP contribution < -0.4 is 5.43 Å². The fraction of sp³-hybridized carbons (Fsp3) is 0.200. The summed E-state index contributed by atoms with van der Waals surface area (Å²) in [5.41, 5.74) is 2.35. The van der Waals surface area contributed by atoms with Crippen LogP contribution in [0.3, 0.4) is 0 Å². The molecule has 1 aromatic heterocycles. The third kappa shape index (κ3) is 1.54. The Hall–Kier alpha value is -1.65. The highest BCUT2D eigenvalue weighted by molar-refractivity contribution is 5.81. The second-order valence-electron chi connectivity index (χ2n) is 3.15. The van der Waals surface area contributed by atoms with E-state index in [-0.39, 0.29) is 0 Å². The highest BCUT2D eigenvalue weighted by Crippen LogP contribution is 2.32. The van der Waals surface area contributed by atoms with Crippen molar-refractivity contribution in [2.24, 2.45) is 0 Å². The minimum absolute atomic E-state index is 0.521. The highest BCUT2D eigenvalue weighted by atomic mass is 19.4. The predicted octanol–water partition coefficient (Wildman–Crippen LogP) is 2.83. The number of rotatable bonds is 1. The van der Waals surface area contributed by atoms with Crippen molar-refractivity contribution in [1.29, 1.82) is 0 Å². The lowest BCUT2D eigenvalue weighted by Gasteiger charge is -2.11. The molecular formula is C10H9F3N2. The number of para-hydroxylation sites is 1. The zero-order chi connectivity index (χ0) is 11.1. The normalized spacial score (nSPS) is 12.0. The molecule has 2 aromatic rings. The van der Waals surface area contributed by atoms with Crippen LogP contribution in [-0.2, 0) is 6.18 Å². The Labute approximate surface area is 84.3 Å². The van der Waals surface area contributed by atoms with E-state index in [2.05, 4.69) is 5.43 Å². The SMILES string of the molecule is CNn1c(C(F)(F)F)cc2ccccc21. The fourth-order valence-corrected chi connectivity index (χ4v) is 1.60. The smallest absolute Gasteiger partial charge is 0.328 e. The minimum Gasteiger partial charge on any atom is -0.328 e. The van der Waals surface area contributed by atoms with Crippen molar-refractivity contribution < 1.29 is 13.2 Å². The number of aromatic nitrogens is 1. The van der Waals surface area contributed by atoms with E-state index in [0.717, 1.165) is 10.7 Å². The summed E-state index contributed by atoms with van der Waals surface area (Å²) >= 11 is 0. The molecule has 0 aliphatic rings. The first-order valence-corrected chi connectivity index (χ1v) is 4.39. The molecule has 15 heavy (non-hydrogen) atoms. The van der Waals surface area contributed by atoms with Gasteiger partial charge in [0, 0.05) is 12.4 Å².